The van der Waals surface area contributed by atoms with Gasteiger partial charge in [0.2, 0.25) is 0 Å². The molecule has 0 radical (unpaired) electrons. The third-order valence-corrected chi connectivity index (χ3v) is 3.93. The number of β-amino-alcohol motifs (C(OH)–C–C–N with tert-alkyl or cyclic N) is 1. The molecule has 2 aromatic rings. The summed E-state index contributed by atoms with van der Waals surface area (Å²) in [6.45, 7) is 1.28. The van der Waals surface area contributed by atoms with Crippen LogP contribution in [0.5, 0.6) is 0 Å². The average Bonchev–Trinajstić information content (AvgIpc) is 3.26. The van der Waals surface area contributed by atoms with Gasteiger partial charge in [0.05, 0.1) is 11.7 Å². The Kier molecular flexibility index (Phi) is 3.93. The first-order valence-electron chi connectivity index (χ1n) is 7.09. The molecule has 1 heterocycles. The van der Waals surface area contributed by atoms with Gasteiger partial charge in [0.15, 0.2) is 0 Å². The van der Waals surface area contributed by atoms with Crippen LogP contribution in [0.2, 0.25) is 0 Å². The molecule has 0 aliphatic carbocycles. The molecule has 3 rings (SSSR count). The molecule has 1 fully saturated rings. The Morgan fingerprint density at radius 1 is 1.05 bits per heavy atom. The summed E-state index contributed by atoms with van der Waals surface area (Å²) in [5.74, 6) is 0. The molecular formula is C17H16F3NO. The van der Waals surface area contributed by atoms with Gasteiger partial charge in [0.25, 0.3) is 0 Å². The lowest BCUT2D eigenvalue weighted by Crippen LogP contribution is -2.12. The highest BCUT2D eigenvalue weighted by atomic mass is 19.4. The predicted molar refractivity (Wildman–Crippen MR) is 77.2 cm³/mol. The molecule has 0 bridgehead atoms. The van der Waals surface area contributed by atoms with Gasteiger partial charge in [-0.15, -0.1) is 0 Å². The van der Waals surface area contributed by atoms with Crippen LogP contribution in [0.4, 0.5) is 13.2 Å². The standard InChI is InChI=1S/C17H16F3NO/c18-17(19,20)14-8-6-13(7-9-14)16(22)11-21-10-15(21)12-4-2-1-3-5-12/h1-9,15-16,22H,10-11H2. The number of hydrogen-bond donors (Lipinski definition) is 1. The highest BCUT2D eigenvalue weighted by Crippen LogP contribution is 2.36. The molecule has 0 spiro atoms. The van der Waals surface area contributed by atoms with Gasteiger partial charge in [0, 0.05) is 19.1 Å². The van der Waals surface area contributed by atoms with E-state index in [1.165, 1.54) is 17.7 Å². The lowest BCUT2D eigenvalue weighted by Gasteiger charge is -2.14. The van der Waals surface area contributed by atoms with Gasteiger partial charge in [-0.1, -0.05) is 42.5 Å². The van der Waals surface area contributed by atoms with E-state index >= 15 is 0 Å². The first-order valence-corrected chi connectivity index (χ1v) is 7.09. The van der Waals surface area contributed by atoms with Gasteiger partial charge in [-0.05, 0) is 23.3 Å². The molecule has 1 aliphatic rings. The second-order valence-electron chi connectivity index (χ2n) is 5.52. The summed E-state index contributed by atoms with van der Waals surface area (Å²) in [6, 6.07) is 15.0. The van der Waals surface area contributed by atoms with E-state index in [0.29, 0.717) is 18.2 Å². The first kappa shape index (κ1) is 15.1. The molecule has 1 aliphatic heterocycles. The molecule has 0 aromatic heterocycles. The average molecular weight is 307 g/mol. The lowest BCUT2D eigenvalue weighted by atomic mass is 10.1. The van der Waals surface area contributed by atoms with E-state index in [-0.39, 0.29) is 0 Å². The van der Waals surface area contributed by atoms with Crippen molar-refractivity contribution in [3.63, 3.8) is 0 Å². The number of nitrogens with zero attached hydrogens (tertiary/aromatic N) is 1. The van der Waals surface area contributed by atoms with Crippen molar-refractivity contribution in [1.29, 1.82) is 0 Å². The lowest BCUT2D eigenvalue weighted by molar-refractivity contribution is -0.137. The Bertz CT molecular complexity index is 625. The van der Waals surface area contributed by atoms with Crippen molar-refractivity contribution < 1.29 is 18.3 Å². The molecule has 3 atom stereocenters. The van der Waals surface area contributed by atoms with Crippen LogP contribution in [0.25, 0.3) is 0 Å². The molecule has 0 amide bonds. The second kappa shape index (κ2) is 5.74. The number of rotatable bonds is 4. The van der Waals surface area contributed by atoms with Crippen LogP contribution in [-0.4, -0.2) is 23.1 Å². The van der Waals surface area contributed by atoms with Crippen LogP contribution in [0, 0.1) is 0 Å². The normalized spacial score (nSPS) is 22.4. The molecule has 0 saturated carbocycles. The molecule has 3 unspecified atom stereocenters. The van der Waals surface area contributed by atoms with Crippen molar-refractivity contribution in [3.8, 4) is 0 Å². The van der Waals surface area contributed by atoms with E-state index in [0.717, 1.165) is 18.7 Å². The second-order valence-corrected chi connectivity index (χ2v) is 5.52. The van der Waals surface area contributed by atoms with Crippen molar-refractivity contribution in [2.24, 2.45) is 0 Å². The maximum absolute atomic E-state index is 12.5. The van der Waals surface area contributed by atoms with Crippen LogP contribution in [0.15, 0.2) is 54.6 Å². The van der Waals surface area contributed by atoms with E-state index < -0.39 is 17.8 Å². The Balaban J connectivity index is 1.60. The summed E-state index contributed by atoms with van der Waals surface area (Å²) in [5.41, 5.74) is 1.01. The summed E-state index contributed by atoms with van der Waals surface area (Å²) >= 11 is 0. The topological polar surface area (TPSA) is 23.2 Å². The number of aliphatic hydroxyl groups is 1. The van der Waals surface area contributed by atoms with Gasteiger partial charge in [-0.3, -0.25) is 4.90 Å². The zero-order chi connectivity index (χ0) is 15.7. The van der Waals surface area contributed by atoms with Crippen LogP contribution >= 0.6 is 0 Å². The zero-order valence-corrected chi connectivity index (χ0v) is 11.8. The summed E-state index contributed by atoms with van der Waals surface area (Å²) in [5, 5.41) is 10.2. The fourth-order valence-corrected chi connectivity index (χ4v) is 2.59. The molecule has 2 nitrogen and oxygen atoms in total. The van der Waals surface area contributed by atoms with E-state index in [2.05, 4.69) is 4.90 Å². The van der Waals surface area contributed by atoms with E-state index in [1.807, 2.05) is 30.3 Å². The Hall–Kier alpha value is -1.85. The Morgan fingerprint density at radius 3 is 2.27 bits per heavy atom. The molecule has 116 valence electrons. The van der Waals surface area contributed by atoms with E-state index in [4.69, 9.17) is 0 Å². The fourth-order valence-electron chi connectivity index (χ4n) is 2.59. The number of benzene rings is 2. The molecular weight excluding hydrogens is 291 g/mol. The van der Waals surface area contributed by atoms with Crippen LogP contribution in [-0.2, 0) is 6.18 Å². The smallest absolute Gasteiger partial charge is 0.387 e. The molecule has 22 heavy (non-hydrogen) atoms. The molecule has 1 saturated heterocycles. The van der Waals surface area contributed by atoms with Crippen molar-refractivity contribution in [2.75, 3.05) is 13.1 Å². The third-order valence-electron chi connectivity index (χ3n) is 3.93. The quantitative estimate of drug-likeness (QED) is 0.869. The first-order chi connectivity index (χ1) is 10.4. The molecule has 5 heteroatoms. The maximum atomic E-state index is 12.5. The number of aliphatic hydroxyl groups excluding tert-OH is 1. The fraction of sp³-hybridized carbons (Fsp3) is 0.294. The SMILES string of the molecule is OC(CN1CC1c1ccccc1)c1ccc(C(F)(F)F)cc1. The van der Waals surface area contributed by atoms with Crippen molar-refractivity contribution in [1.82, 2.24) is 4.90 Å². The van der Waals surface area contributed by atoms with Gasteiger partial charge in [0.1, 0.15) is 0 Å². The Morgan fingerprint density at radius 2 is 1.68 bits per heavy atom. The summed E-state index contributed by atoms with van der Waals surface area (Å²) in [6.07, 6.45) is -5.13. The highest BCUT2D eigenvalue weighted by Gasteiger charge is 2.36. The number of hydrogen-bond acceptors (Lipinski definition) is 2. The minimum absolute atomic E-state index is 0.297. The predicted octanol–water partition coefficient (Wildman–Crippen LogP) is 3.80. The van der Waals surface area contributed by atoms with Crippen LogP contribution in [0.1, 0.15) is 28.8 Å². The third kappa shape index (κ3) is 3.31. The monoisotopic (exact) mass is 307 g/mol. The summed E-state index contributed by atoms with van der Waals surface area (Å²) in [4.78, 5) is 2.09. The highest BCUT2D eigenvalue weighted by molar-refractivity contribution is 5.27. The summed E-state index contributed by atoms with van der Waals surface area (Å²) < 4.78 is 37.5. The maximum Gasteiger partial charge on any atom is 0.416 e. The molecule has 2 aromatic carbocycles. The van der Waals surface area contributed by atoms with E-state index in [9.17, 15) is 18.3 Å². The minimum Gasteiger partial charge on any atom is -0.387 e. The zero-order valence-electron chi connectivity index (χ0n) is 11.8. The number of halogens is 3. The van der Waals surface area contributed by atoms with E-state index in [1.54, 1.807) is 0 Å². The Labute approximate surface area is 126 Å². The van der Waals surface area contributed by atoms with Gasteiger partial charge in [-0.25, -0.2) is 0 Å². The van der Waals surface area contributed by atoms with Crippen molar-refractivity contribution in [2.45, 2.75) is 18.3 Å². The molecule has 1 N–H and O–H groups in total. The van der Waals surface area contributed by atoms with Gasteiger partial charge in [-0.2, -0.15) is 13.2 Å². The number of alkyl halides is 3. The minimum atomic E-state index is -4.35. The van der Waals surface area contributed by atoms with Gasteiger partial charge >= 0.3 is 6.18 Å². The van der Waals surface area contributed by atoms with Crippen LogP contribution < -0.4 is 0 Å². The van der Waals surface area contributed by atoms with Gasteiger partial charge < -0.3 is 5.11 Å². The van der Waals surface area contributed by atoms with Crippen molar-refractivity contribution >= 4 is 0 Å². The van der Waals surface area contributed by atoms with Crippen molar-refractivity contribution in [3.05, 3.63) is 71.3 Å². The van der Waals surface area contributed by atoms with Crippen LogP contribution in [0.3, 0.4) is 0 Å². The summed E-state index contributed by atoms with van der Waals surface area (Å²) in [7, 11) is 0. The largest absolute Gasteiger partial charge is 0.416 e.